The predicted octanol–water partition coefficient (Wildman–Crippen LogP) is 2.95. The lowest BCUT2D eigenvalue weighted by Crippen LogP contribution is -2.21. The van der Waals surface area contributed by atoms with E-state index in [-0.39, 0.29) is 6.04 Å². The van der Waals surface area contributed by atoms with Gasteiger partial charge in [0.1, 0.15) is 5.76 Å². The Morgan fingerprint density at radius 3 is 2.74 bits per heavy atom. The standard InChI is InChI=1S/C15H19N3O/c1-9-15(11(3)19-17-9)10(2)18-7-12-5-4-6-14(16)13(12)8-18/h4-6,10H,7-8,16H2,1-3H3. The van der Waals surface area contributed by atoms with Crippen molar-refractivity contribution in [3.8, 4) is 0 Å². The maximum atomic E-state index is 6.06. The van der Waals surface area contributed by atoms with E-state index in [0.717, 1.165) is 30.2 Å². The van der Waals surface area contributed by atoms with E-state index in [1.54, 1.807) is 0 Å². The third-order valence-corrected chi connectivity index (χ3v) is 4.10. The highest BCUT2D eigenvalue weighted by atomic mass is 16.5. The number of rotatable bonds is 2. The molecule has 0 spiro atoms. The first-order valence-corrected chi connectivity index (χ1v) is 6.61. The summed E-state index contributed by atoms with van der Waals surface area (Å²) in [7, 11) is 0. The summed E-state index contributed by atoms with van der Waals surface area (Å²) >= 11 is 0. The molecule has 3 rings (SSSR count). The number of nitrogen functional groups attached to an aromatic ring is 1. The highest BCUT2D eigenvalue weighted by molar-refractivity contribution is 5.52. The number of hydrogen-bond donors (Lipinski definition) is 1. The fraction of sp³-hybridized carbons (Fsp3) is 0.400. The van der Waals surface area contributed by atoms with E-state index < -0.39 is 0 Å². The highest BCUT2D eigenvalue weighted by Gasteiger charge is 2.28. The van der Waals surface area contributed by atoms with Crippen LogP contribution in [0.1, 0.15) is 41.1 Å². The Labute approximate surface area is 113 Å². The van der Waals surface area contributed by atoms with Crippen LogP contribution in [0.15, 0.2) is 22.7 Å². The average Bonchev–Trinajstić information content (AvgIpc) is 2.94. The van der Waals surface area contributed by atoms with Crippen LogP contribution in [0.5, 0.6) is 0 Å². The molecule has 1 atom stereocenters. The maximum Gasteiger partial charge on any atom is 0.138 e. The number of aryl methyl sites for hydroxylation is 2. The molecule has 1 aromatic carbocycles. The van der Waals surface area contributed by atoms with Crippen molar-refractivity contribution in [2.45, 2.75) is 39.9 Å². The summed E-state index contributed by atoms with van der Waals surface area (Å²) in [5.41, 5.74) is 11.7. The quantitative estimate of drug-likeness (QED) is 0.840. The van der Waals surface area contributed by atoms with E-state index in [2.05, 4.69) is 23.0 Å². The lowest BCUT2D eigenvalue weighted by molar-refractivity contribution is 0.213. The Balaban J connectivity index is 1.89. The second-order valence-corrected chi connectivity index (χ2v) is 5.30. The Hall–Kier alpha value is -1.81. The van der Waals surface area contributed by atoms with Gasteiger partial charge in [-0.3, -0.25) is 4.90 Å². The first-order chi connectivity index (χ1) is 9.08. The minimum Gasteiger partial charge on any atom is -0.398 e. The van der Waals surface area contributed by atoms with Crippen molar-refractivity contribution in [2.75, 3.05) is 5.73 Å². The number of nitrogens with two attached hydrogens (primary N) is 1. The van der Waals surface area contributed by atoms with Gasteiger partial charge in [0.15, 0.2) is 0 Å². The van der Waals surface area contributed by atoms with Crippen LogP contribution in [0.25, 0.3) is 0 Å². The van der Waals surface area contributed by atoms with Crippen molar-refractivity contribution in [2.24, 2.45) is 0 Å². The zero-order valence-corrected chi connectivity index (χ0v) is 11.6. The van der Waals surface area contributed by atoms with Crippen molar-refractivity contribution in [1.29, 1.82) is 0 Å². The molecule has 1 aliphatic heterocycles. The predicted molar refractivity (Wildman–Crippen MR) is 74.5 cm³/mol. The van der Waals surface area contributed by atoms with Crippen LogP contribution < -0.4 is 5.73 Å². The van der Waals surface area contributed by atoms with Gasteiger partial charge in [-0.1, -0.05) is 17.3 Å². The number of nitrogens with zero attached hydrogens (tertiary/aromatic N) is 2. The number of hydrogen-bond acceptors (Lipinski definition) is 4. The Morgan fingerprint density at radius 1 is 1.32 bits per heavy atom. The third kappa shape index (κ3) is 1.92. The summed E-state index contributed by atoms with van der Waals surface area (Å²) in [5.74, 6) is 0.911. The van der Waals surface area contributed by atoms with Crippen LogP contribution >= 0.6 is 0 Å². The second kappa shape index (κ2) is 4.38. The van der Waals surface area contributed by atoms with Gasteiger partial charge in [0.05, 0.1) is 5.69 Å². The normalized spacial score (nSPS) is 16.6. The lowest BCUT2D eigenvalue weighted by atomic mass is 10.1. The number of anilines is 1. The zero-order valence-electron chi connectivity index (χ0n) is 11.6. The molecule has 2 N–H and O–H groups in total. The molecule has 4 nitrogen and oxygen atoms in total. The summed E-state index contributed by atoms with van der Waals surface area (Å²) in [4.78, 5) is 2.41. The first kappa shape index (κ1) is 12.2. The molecule has 1 unspecified atom stereocenters. The molecule has 0 radical (unpaired) electrons. The minimum atomic E-state index is 0.290. The maximum absolute atomic E-state index is 6.06. The fourth-order valence-electron chi connectivity index (χ4n) is 3.02. The van der Waals surface area contributed by atoms with Crippen molar-refractivity contribution < 1.29 is 4.52 Å². The Morgan fingerprint density at radius 2 is 2.11 bits per heavy atom. The first-order valence-electron chi connectivity index (χ1n) is 6.61. The zero-order chi connectivity index (χ0) is 13.6. The SMILES string of the molecule is Cc1noc(C)c1C(C)N1Cc2cccc(N)c2C1. The van der Waals surface area contributed by atoms with Crippen molar-refractivity contribution in [3.63, 3.8) is 0 Å². The highest BCUT2D eigenvalue weighted by Crippen LogP contribution is 2.35. The lowest BCUT2D eigenvalue weighted by Gasteiger charge is -2.23. The van der Waals surface area contributed by atoms with Gasteiger partial charge >= 0.3 is 0 Å². The average molecular weight is 257 g/mol. The molecule has 0 saturated carbocycles. The molecule has 100 valence electrons. The summed E-state index contributed by atoms with van der Waals surface area (Å²) in [6, 6.07) is 6.45. The molecule has 19 heavy (non-hydrogen) atoms. The van der Waals surface area contributed by atoms with Gasteiger partial charge in [0.25, 0.3) is 0 Å². The summed E-state index contributed by atoms with van der Waals surface area (Å²) in [5, 5.41) is 4.05. The molecule has 2 aromatic rings. The number of benzene rings is 1. The van der Waals surface area contributed by atoms with E-state index in [1.165, 1.54) is 16.7 Å². The molecule has 0 fully saturated rings. The van der Waals surface area contributed by atoms with E-state index in [0.29, 0.717) is 0 Å². The van der Waals surface area contributed by atoms with Crippen molar-refractivity contribution in [1.82, 2.24) is 10.1 Å². The smallest absolute Gasteiger partial charge is 0.138 e. The molecule has 0 saturated heterocycles. The van der Waals surface area contributed by atoms with Crippen LogP contribution in [0, 0.1) is 13.8 Å². The van der Waals surface area contributed by atoms with Gasteiger partial charge in [-0.05, 0) is 38.0 Å². The van der Waals surface area contributed by atoms with E-state index in [4.69, 9.17) is 10.3 Å². The minimum absolute atomic E-state index is 0.290. The van der Waals surface area contributed by atoms with Gasteiger partial charge in [-0.2, -0.15) is 0 Å². The van der Waals surface area contributed by atoms with E-state index in [1.807, 2.05) is 26.0 Å². The largest absolute Gasteiger partial charge is 0.398 e. The van der Waals surface area contributed by atoms with Gasteiger partial charge < -0.3 is 10.3 Å². The third-order valence-electron chi connectivity index (χ3n) is 4.10. The molecule has 0 aliphatic carbocycles. The number of fused-ring (bicyclic) bond motifs is 1. The molecule has 1 aliphatic rings. The molecule has 2 heterocycles. The molecule has 0 bridgehead atoms. The molecule has 1 aromatic heterocycles. The van der Waals surface area contributed by atoms with Crippen LogP contribution in [0.2, 0.25) is 0 Å². The summed E-state index contributed by atoms with van der Waals surface area (Å²) in [6.07, 6.45) is 0. The fourth-order valence-corrected chi connectivity index (χ4v) is 3.02. The molecule has 0 amide bonds. The monoisotopic (exact) mass is 257 g/mol. The second-order valence-electron chi connectivity index (χ2n) is 5.30. The number of aromatic nitrogens is 1. The van der Waals surface area contributed by atoms with Gasteiger partial charge in [0, 0.05) is 30.4 Å². The van der Waals surface area contributed by atoms with Gasteiger partial charge in [-0.25, -0.2) is 0 Å². The van der Waals surface area contributed by atoms with Crippen LogP contribution in [-0.2, 0) is 13.1 Å². The Kier molecular flexibility index (Phi) is 2.82. The van der Waals surface area contributed by atoms with Gasteiger partial charge in [-0.15, -0.1) is 0 Å². The summed E-state index contributed by atoms with van der Waals surface area (Å²) in [6.45, 7) is 8.01. The van der Waals surface area contributed by atoms with Crippen molar-refractivity contribution >= 4 is 5.69 Å². The van der Waals surface area contributed by atoms with Crippen LogP contribution in [0.4, 0.5) is 5.69 Å². The van der Waals surface area contributed by atoms with Crippen molar-refractivity contribution in [3.05, 3.63) is 46.3 Å². The molecular formula is C15H19N3O. The molecule has 4 heteroatoms. The Bertz CT molecular complexity index is 598. The topological polar surface area (TPSA) is 55.3 Å². The summed E-state index contributed by atoms with van der Waals surface area (Å²) < 4.78 is 5.28. The van der Waals surface area contributed by atoms with E-state index in [9.17, 15) is 0 Å². The van der Waals surface area contributed by atoms with E-state index >= 15 is 0 Å². The van der Waals surface area contributed by atoms with Crippen LogP contribution in [-0.4, -0.2) is 10.1 Å². The van der Waals surface area contributed by atoms with Crippen LogP contribution in [0.3, 0.4) is 0 Å². The van der Waals surface area contributed by atoms with Gasteiger partial charge in [0.2, 0.25) is 0 Å². The molecular weight excluding hydrogens is 238 g/mol.